The van der Waals surface area contributed by atoms with Crippen LogP contribution in [0.4, 0.5) is 0 Å². The van der Waals surface area contributed by atoms with Crippen LogP contribution in [0.15, 0.2) is 0 Å². The second-order valence-corrected chi connectivity index (χ2v) is 5.22. The van der Waals surface area contributed by atoms with E-state index in [0.717, 1.165) is 31.7 Å². The Labute approximate surface area is 99.3 Å². The maximum absolute atomic E-state index is 6.02. The summed E-state index contributed by atoms with van der Waals surface area (Å²) in [5.41, 5.74) is 6.02. The summed E-state index contributed by atoms with van der Waals surface area (Å²) in [5, 5.41) is 0. The SMILES string of the molecule is CCCN(C1CC1)C(CN)C1CCOCC1. The molecule has 2 N–H and O–H groups in total. The molecule has 1 atom stereocenters. The van der Waals surface area contributed by atoms with Crippen molar-refractivity contribution in [2.24, 2.45) is 11.7 Å². The van der Waals surface area contributed by atoms with Crippen molar-refractivity contribution in [2.75, 3.05) is 26.3 Å². The molecular formula is C13H26N2O. The quantitative estimate of drug-likeness (QED) is 0.748. The summed E-state index contributed by atoms with van der Waals surface area (Å²) in [7, 11) is 0. The van der Waals surface area contributed by atoms with Crippen molar-refractivity contribution in [3.05, 3.63) is 0 Å². The zero-order valence-corrected chi connectivity index (χ0v) is 10.5. The molecule has 16 heavy (non-hydrogen) atoms. The Kier molecular flexibility index (Phi) is 4.62. The van der Waals surface area contributed by atoms with Crippen molar-refractivity contribution in [2.45, 2.75) is 51.1 Å². The van der Waals surface area contributed by atoms with E-state index in [4.69, 9.17) is 10.5 Å². The van der Waals surface area contributed by atoms with Crippen LogP contribution in [0, 0.1) is 5.92 Å². The van der Waals surface area contributed by atoms with Crippen LogP contribution in [0.2, 0.25) is 0 Å². The predicted octanol–water partition coefficient (Wildman–Crippen LogP) is 1.61. The molecule has 2 aliphatic rings. The highest BCUT2D eigenvalue weighted by Crippen LogP contribution is 2.33. The molecule has 0 bridgehead atoms. The second kappa shape index (κ2) is 5.99. The molecule has 1 unspecified atom stereocenters. The van der Waals surface area contributed by atoms with E-state index in [-0.39, 0.29) is 0 Å². The van der Waals surface area contributed by atoms with E-state index < -0.39 is 0 Å². The number of hydrogen-bond donors (Lipinski definition) is 1. The lowest BCUT2D eigenvalue weighted by Gasteiger charge is -2.38. The number of nitrogens with zero attached hydrogens (tertiary/aromatic N) is 1. The van der Waals surface area contributed by atoms with Gasteiger partial charge in [0.2, 0.25) is 0 Å². The van der Waals surface area contributed by atoms with Gasteiger partial charge >= 0.3 is 0 Å². The Bertz CT molecular complexity index is 200. The molecule has 0 radical (unpaired) electrons. The molecule has 0 amide bonds. The van der Waals surface area contributed by atoms with Crippen molar-refractivity contribution < 1.29 is 4.74 Å². The largest absolute Gasteiger partial charge is 0.381 e. The molecule has 3 heteroatoms. The first-order valence-electron chi connectivity index (χ1n) is 6.90. The predicted molar refractivity (Wildman–Crippen MR) is 66.4 cm³/mol. The molecule has 0 aromatic heterocycles. The monoisotopic (exact) mass is 226 g/mol. The number of hydrogen-bond acceptors (Lipinski definition) is 3. The Morgan fingerprint density at radius 1 is 1.25 bits per heavy atom. The first-order chi connectivity index (χ1) is 7.86. The molecule has 0 spiro atoms. The van der Waals surface area contributed by atoms with Crippen LogP contribution in [-0.4, -0.2) is 43.3 Å². The lowest BCUT2D eigenvalue weighted by atomic mass is 9.90. The highest BCUT2D eigenvalue weighted by atomic mass is 16.5. The van der Waals surface area contributed by atoms with Gasteiger partial charge in [-0.25, -0.2) is 0 Å². The van der Waals surface area contributed by atoms with Gasteiger partial charge in [-0.05, 0) is 44.6 Å². The van der Waals surface area contributed by atoms with Crippen molar-refractivity contribution in [3.63, 3.8) is 0 Å². The zero-order valence-electron chi connectivity index (χ0n) is 10.5. The minimum absolute atomic E-state index is 0.608. The molecule has 1 heterocycles. The molecule has 2 rings (SSSR count). The molecule has 94 valence electrons. The molecule has 0 aromatic carbocycles. The highest BCUT2D eigenvalue weighted by molar-refractivity contribution is 4.92. The summed E-state index contributed by atoms with van der Waals surface area (Å²) >= 11 is 0. The summed E-state index contributed by atoms with van der Waals surface area (Å²) in [6.45, 7) is 6.19. The molecule has 0 aromatic rings. The van der Waals surface area contributed by atoms with Crippen LogP contribution in [0.3, 0.4) is 0 Å². The molecule has 1 saturated carbocycles. The smallest absolute Gasteiger partial charge is 0.0469 e. The van der Waals surface area contributed by atoms with E-state index in [9.17, 15) is 0 Å². The zero-order chi connectivity index (χ0) is 11.4. The van der Waals surface area contributed by atoms with Gasteiger partial charge in [-0.15, -0.1) is 0 Å². The van der Waals surface area contributed by atoms with Gasteiger partial charge in [-0.3, -0.25) is 4.90 Å². The Hall–Kier alpha value is -0.120. The van der Waals surface area contributed by atoms with Gasteiger partial charge in [0, 0.05) is 31.8 Å². The third kappa shape index (κ3) is 2.96. The lowest BCUT2D eigenvalue weighted by Crippen LogP contribution is -2.48. The topological polar surface area (TPSA) is 38.5 Å². The van der Waals surface area contributed by atoms with Gasteiger partial charge in [0.1, 0.15) is 0 Å². The van der Waals surface area contributed by atoms with Crippen molar-refractivity contribution in [1.82, 2.24) is 4.90 Å². The Balaban J connectivity index is 1.94. The van der Waals surface area contributed by atoms with E-state index in [2.05, 4.69) is 11.8 Å². The summed E-state index contributed by atoms with van der Waals surface area (Å²) in [4.78, 5) is 2.69. The van der Waals surface area contributed by atoms with Crippen LogP contribution >= 0.6 is 0 Å². The number of rotatable bonds is 6. The van der Waals surface area contributed by atoms with E-state index in [1.54, 1.807) is 0 Å². The minimum Gasteiger partial charge on any atom is -0.381 e. The van der Waals surface area contributed by atoms with Crippen LogP contribution in [0.25, 0.3) is 0 Å². The first kappa shape index (κ1) is 12.3. The molecular weight excluding hydrogens is 200 g/mol. The summed E-state index contributed by atoms with van der Waals surface area (Å²) in [6.07, 6.45) is 6.43. The maximum atomic E-state index is 6.02. The summed E-state index contributed by atoms with van der Waals surface area (Å²) in [6, 6.07) is 1.45. The molecule has 1 aliphatic carbocycles. The Morgan fingerprint density at radius 2 is 1.94 bits per heavy atom. The van der Waals surface area contributed by atoms with E-state index in [1.165, 1.54) is 38.6 Å². The van der Waals surface area contributed by atoms with Crippen molar-refractivity contribution >= 4 is 0 Å². The molecule has 1 aliphatic heterocycles. The average molecular weight is 226 g/mol. The first-order valence-corrected chi connectivity index (χ1v) is 6.90. The Morgan fingerprint density at radius 3 is 2.44 bits per heavy atom. The normalized spacial score (nSPS) is 24.9. The van der Waals surface area contributed by atoms with Gasteiger partial charge in [0.25, 0.3) is 0 Å². The minimum atomic E-state index is 0.608. The van der Waals surface area contributed by atoms with E-state index >= 15 is 0 Å². The standard InChI is InChI=1S/C13H26N2O/c1-2-7-15(12-3-4-12)13(10-14)11-5-8-16-9-6-11/h11-13H,2-10,14H2,1H3. The van der Waals surface area contributed by atoms with Crippen LogP contribution in [0.1, 0.15) is 39.0 Å². The maximum Gasteiger partial charge on any atom is 0.0469 e. The van der Waals surface area contributed by atoms with Gasteiger partial charge in [-0.1, -0.05) is 6.92 Å². The fourth-order valence-electron chi connectivity index (χ4n) is 2.98. The van der Waals surface area contributed by atoms with Crippen LogP contribution in [-0.2, 0) is 4.74 Å². The number of ether oxygens (including phenoxy) is 1. The van der Waals surface area contributed by atoms with Gasteiger partial charge in [-0.2, -0.15) is 0 Å². The molecule has 3 nitrogen and oxygen atoms in total. The lowest BCUT2D eigenvalue weighted by molar-refractivity contribution is 0.0251. The summed E-state index contributed by atoms with van der Waals surface area (Å²) < 4.78 is 5.45. The third-order valence-electron chi connectivity index (χ3n) is 3.98. The highest BCUT2D eigenvalue weighted by Gasteiger charge is 2.36. The van der Waals surface area contributed by atoms with E-state index in [0.29, 0.717) is 6.04 Å². The van der Waals surface area contributed by atoms with Crippen LogP contribution < -0.4 is 5.73 Å². The molecule has 1 saturated heterocycles. The van der Waals surface area contributed by atoms with Gasteiger partial charge in [0.05, 0.1) is 0 Å². The number of nitrogens with two attached hydrogens (primary N) is 1. The van der Waals surface area contributed by atoms with Crippen molar-refractivity contribution in [1.29, 1.82) is 0 Å². The third-order valence-corrected chi connectivity index (χ3v) is 3.98. The fourth-order valence-corrected chi connectivity index (χ4v) is 2.98. The van der Waals surface area contributed by atoms with Crippen molar-refractivity contribution in [3.8, 4) is 0 Å². The van der Waals surface area contributed by atoms with Crippen LogP contribution in [0.5, 0.6) is 0 Å². The van der Waals surface area contributed by atoms with E-state index in [1.807, 2.05) is 0 Å². The summed E-state index contributed by atoms with van der Waals surface area (Å²) in [5.74, 6) is 0.769. The fraction of sp³-hybridized carbons (Fsp3) is 1.00. The molecule has 2 fully saturated rings. The average Bonchev–Trinajstić information content (AvgIpc) is 3.14. The van der Waals surface area contributed by atoms with Gasteiger partial charge in [0.15, 0.2) is 0 Å². The second-order valence-electron chi connectivity index (χ2n) is 5.22. The van der Waals surface area contributed by atoms with Gasteiger partial charge < -0.3 is 10.5 Å².